The van der Waals surface area contributed by atoms with Crippen molar-refractivity contribution in [1.82, 2.24) is 19.8 Å². The quantitative estimate of drug-likeness (QED) is 0.385. The highest BCUT2D eigenvalue weighted by atomic mass is 32.1. The molecule has 2 rings (SSSR count). The number of thiocarbonyl (C=S) groups is 1. The van der Waals surface area contributed by atoms with E-state index in [9.17, 15) is 19.2 Å². The summed E-state index contributed by atoms with van der Waals surface area (Å²) in [5, 5.41) is 14.3. The zero-order valence-corrected chi connectivity index (χ0v) is 19.2. The number of rotatable bonds is 11. The summed E-state index contributed by atoms with van der Waals surface area (Å²) in [6, 6.07) is 10.4. The van der Waals surface area contributed by atoms with Gasteiger partial charge in [0.2, 0.25) is 5.91 Å². The van der Waals surface area contributed by atoms with Gasteiger partial charge in [-0.1, -0.05) is 30.3 Å². The van der Waals surface area contributed by atoms with E-state index in [4.69, 9.17) is 26.8 Å². The minimum Gasteiger partial charge on any atom is -0.480 e. The molecule has 13 heteroatoms. The lowest BCUT2D eigenvalue weighted by Gasteiger charge is -2.21. The summed E-state index contributed by atoms with van der Waals surface area (Å²) in [5.41, 5.74) is -0.0134. The molecule has 1 heterocycles. The van der Waals surface area contributed by atoms with Gasteiger partial charge in [-0.15, -0.1) is 0 Å². The average Bonchev–Trinajstić information content (AvgIpc) is 2.79. The summed E-state index contributed by atoms with van der Waals surface area (Å²) >= 11 is 4.92. The molecule has 3 N–H and O–H groups in total. The smallest absolute Gasteiger partial charge is 0.413 e. The second-order valence-electron chi connectivity index (χ2n) is 6.77. The SMILES string of the molecule is CCOC(=S)NCCN(CC(=O)O)C(=O)Cn1ccc(NC(=O)OCc2ccccc2)nc1=O. The van der Waals surface area contributed by atoms with Crippen molar-refractivity contribution < 1.29 is 29.0 Å². The molecule has 2 aromatic rings. The van der Waals surface area contributed by atoms with Crippen molar-refractivity contribution in [2.45, 2.75) is 20.1 Å². The van der Waals surface area contributed by atoms with Crippen molar-refractivity contribution in [2.24, 2.45) is 0 Å². The average molecular weight is 492 g/mol. The minimum atomic E-state index is -1.21. The Kier molecular flexibility index (Phi) is 10.4. The van der Waals surface area contributed by atoms with Crippen molar-refractivity contribution in [3.8, 4) is 0 Å². The van der Waals surface area contributed by atoms with Crippen LogP contribution in [0.25, 0.3) is 0 Å². The van der Waals surface area contributed by atoms with E-state index in [0.29, 0.717) is 6.61 Å². The van der Waals surface area contributed by atoms with Gasteiger partial charge in [0.15, 0.2) is 0 Å². The number of carboxylic acid groups (broad SMARTS) is 1. The van der Waals surface area contributed by atoms with Crippen LogP contribution in [0.1, 0.15) is 12.5 Å². The molecule has 0 unspecified atom stereocenters. The van der Waals surface area contributed by atoms with Crippen LogP contribution < -0.4 is 16.3 Å². The van der Waals surface area contributed by atoms with Gasteiger partial charge < -0.3 is 24.8 Å². The van der Waals surface area contributed by atoms with Crippen LogP contribution in [0.4, 0.5) is 10.6 Å². The van der Waals surface area contributed by atoms with E-state index < -0.39 is 36.7 Å². The third kappa shape index (κ3) is 9.24. The number of nitrogens with one attached hydrogen (secondary N) is 2. The first-order valence-electron chi connectivity index (χ1n) is 10.2. The molecule has 0 spiro atoms. The number of hydrogen-bond donors (Lipinski definition) is 3. The number of benzene rings is 1. The van der Waals surface area contributed by atoms with E-state index in [1.807, 2.05) is 18.2 Å². The summed E-state index contributed by atoms with van der Waals surface area (Å²) < 4.78 is 11.1. The molecule has 0 saturated heterocycles. The highest BCUT2D eigenvalue weighted by molar-refractivity contribution is 7.80. The third-order valence-electron chi connectivity index (χ3n) is 4.23. The molecule has 1 aromatic heterocycles. The molecule has 0 fully saturated rings. The van der Waals surface area contributed by atoms with E-state index >= 15 is 0 Å². The first-order chi connectivity index (χ1) is 16.3. The molecule has 0 radical (unpaired) electrons. The van der Waals surface area contributed by atoms with Gasteiger partial charge in [-0.3, -0.25) is 19.5 Å². The molecule has 1 aromatic carbocycles. The Morgan fingerprint density at radius 2 is 1.91 bits per heavy atom. The van der Waals surface area contributed by atoms with Crippen molar-refractivity contribution in [3.63, 3.8) is 0 Å². The molecule has 182 valence electrons. The highest BCUT2D eigenvalue weighted by Crippen LogP contribution is 2.04. The second kappa shape index (κ2) is 13.5. The number of aliphatic carboxylic acids is 1. The number of amides is 2. The van der Waals surface area contributed by atoms with Crippen molar-refractivity contribution in [2.75, 3.05) is 31.6 Å². The monoisotopic (exact) mass is 491 g/mol. The largest absolute Gasteiger partial charge is 0.480 e. The lowest BCUT2D eigenvalue weighted by atomic mass is 10.2. The fourth-order valence-corrected chi connectivity index (χ4v) is 2.88. The van der Waals surface area contributed by atoms with Crippen LogP contribution in [-0.4, -0.2) is 68.9 Å². The molecule has 0 bridgehead atoms. The van der Waals surface area contributed by atoms with Gasteiger partial charge in [0.1, 0.15) is 25.5 Å². The third-order valence-corrected chi connectivity index (χ3v) is 4.49. The van der Waals surface area contributed by atoms with Crippen LogP contribution in [0.2, 0.25) is 0 Å². The summed E-state index contributed by atoms with van der Waals surface area (Å²) in [5.74, 6) is -1.87. The van der Waals surface area contributed by atoms with Gasteiger partial charge in [-0.2, -0.15) is 4.98 Å². The topological polar surface area (TPSA) is 152 Å². The Bertz CT molecular complexity index is 1060. The van der Waals surface area contributed by atoms with Crippen LogP contribution in [0, 0.1) is 0 Å². The first kappa shape index (κ1) is 26.3. The Balaban J connectivity index is 1.93. The fraction of sp³-hybridized carbons (Fsp3) is 0.333. The van der Waals surface area contributed by atoms with Crippen LogP contribution >= 0.6 is 12.2 Å². The molecular weight excluding hydrogens is 466 g/mol. The maximum absolute atomic E-state index is 12.6. The maximum Gasteiger partial charge on any atom is 0.413 e. The van der Waals surface area contributed by atoms with Gasteiger partial charge in [-0.25, -0.2) is 9.59 Å². The Morgan fingerprint density at radius 1 is 1.18 bits per heavy atom. The van der Waals surface area contributed by atoms with Crippen LogP contribution in [-0.2, 0) is 32.2 Å². The maximum atomic E-state index is 12.6. The standard InChI is InChI=1S/C21H25N5O7S/c1-2-32-21(34)22-9-11-25(13-18(28)29)17(27)12-26-10-8-16(23-19(26)30)24-20(31)33-14-15-6-4-3-5-7-15/h3-8,10H,2,9,11-14H2,1H3,(H,22,34)(H,28,29)(H,23,24,30,31). The molecule has 0 aliphatic carbocycles. The number of aromatic nitrogens is 2. The van der Waals surface area contributed by atoms with E-state index in [-0.39, 0.29) is 30.7 Å². The molecule has 0 aliphatic heterocycles. The molecule has 12 nitrogen and oxygen atoms in total. The Morgan fingerprint density at radius 3 is 2.56 bits per heavy atom. The normalized spacial score (nSPS) is 10.1. The van der Waals surface area contributed by atoms with Crippen molar-refractivity contribution in [1.29, 1.82) is 0 Å². The molecule has 0 atom stereocenters. The fourth-order valence-electron chi connectivity index (χ4n) is 2.66. The van der Waals surface area contributed by atoms with Crippen LogP contribution in [0.3, 0.4) is 0 Å². The number of carbonyl (C=O) groups excluding carboxylic acids is 2. The van der Waals surface area contributed by atoms with Crippen LogP contribution in [0.15, 0.2) is 47.4 Å². The number of carbonyl (C=O) groups is 3. The number of anilines is 1. The highest BCUT2D eigenvalue weighted by Gasteiger charge is 2.18. The van der Waals surface area contributed by atoms with Crippen molar-refractivity contribution in [3.05, 3.63) is 58.6 Å². The molecule has 34 heavy (non-hydrogen) atoms. The van der Waals surface area contributed by atoms with E-state index in [1.165, 1.54) is 12.3 Å². The van der Waals surface area contributed by atoms with Gasteiger partial charge in [-0.05, 0) is 30.8 Å². The van der Waals surface area contributed by atoms with Gasteiger partial charge >= 0.3 is 17.8 Å². The van der Waals surface area contributed by atoms with Crippen LogP contribution in [0.5, 0.6) is 0 Å². The lowest BCUT2D eigenvalue weighted by Crippen LogP contribution is -2.43. The van der Waals surface area contributed by atoms with Crippen molar-refractivity contribution >= 4 is 41.2 Å². The summed E-state index contributed by atoms with van der Waals surface area (Å²) in [6.07, 6.45) is 0.469. The predicted octanol–water partition coefficient (Wildman–Crippen LogP) is 0.816. The number of ether oxygens (including phenoxy) is 2. The van der Waals surface area contributed by atoms with E-state index in [0.717, 1.165) is 15.0 Å². The number of hydrogen-bond acceptors (Lipinski definition) is 8. The Hall–Kier alpha value is -4.00. The van der Waals surface area contributed by atoms with Gasteiger partial charge in [0.05, 0.1) is 6.61 Å². The second-order valence-corrected chi connectivity index (χ2v) is 7.14. The number of nitrogens with zero attached hydrogens (tertiary/aromatic N) is 3. The zero-order chi connectivity index (χ0) is 24.9. The lowest BCUT2D eigenvalue weighted by molar-refractivity contribution is -0.144. The summed E-state index contributed by atoms with van der Waals surface area (Å²) in [7, 11) is 0. The minimum absolute atomic E-state index is 0.0213. The van der Waals surface area contributed by atoms with E-state index in [1.54, 1.807) is 19.1 Å². The molecule has 2 amide bonds. The summed E-state index contributed by atoms with van der Waals surface area (Å²) in [6.45, 7) is 1.36. The number of carboxylic acids is 1. The van der Waals surface area contributed by atoms with E-state index in [2.05, 4.69) is 15.6 Å². The van der Waals surface area contributed by atoms with Gasteiger partial charge in [0.25, 0.3) is 5.17 Å². The molecule has 0 aliphatic rings. The Labute approximate surface area is 200 Å². The molecule has 0 saturated carbocycles. The zero-order valence-electron chi connectivity index (χ0n) is 18.4. The predicted molar refractivity (Wildman–Crippen MR) is 125 cm³/mol. The molecular formula is C21H25N5O7S. The first-order valence-corrected chi connectivity index (χ1v) is 10.6. The van der Waals surface area contributed by atoms with Gasteiger partial charge in [0, 0.05) is 19.3 Å². The summed E-state index contributed by atoms with van der Waals surface area (Å²) in [4.78, 5) is 52.7.